The minimum Gasteiger partial charge on any atom is -0.507 e. The predicted octanol–water partition coefficient (Wildman–Crippen LogP) is 6.69. The number of benzene rings is 3. The van der Waals surface area contributed by atoms with Crippen LogP contribution >= 0.6 is 22.9 Å². The number of carbonyl (C=O) groups is 2. The lowest BCUT2D eigenvalue weighted by Gasteiger charge is -2.23. The van der Waals surface area contributed by atoms with Crippen molar-refractivity contribution in [3.8, 4) is 11.5 Å². The van der Waals surface area contributed by atoms with Gasteiger partial charge in [0, 0.05) is 17.0 Å². The van der Waals surface area contributed by atoms with E-state index in [4.69, 9.17) is 21.1 Å². The lowest BCUT2D eigenvalue weighted by molar-refractivity contribution is -0.132. The molecule has 3 aromatic carbocycles. The number of ketones is 1. The van der Waals surface area contributed by atoms with Crippen molar-refractivity contribution in [1.29, 1.82) is 0 Å². The summed E-state index contributed by atoms with van der Waals surface area (Å²) in [7, 11) is 0. The Labute approximate surface area is 234 Å². The summed E-state index contributed by atoms with van der Waals surface area (Å²) >= 11 is 7.45. The van der Waals surface area contributed by atoms with E-state index >= 15 is 0 Å². The van der Waals surface area contributed by atoms with Crippen molar-refractivity contribution in [2.75, 3.05) is 11.5 Å². The monoisotopic (exact) mass is 560 g/mol. The van der Waals surface area contributed by atoms with Crippen molar-refractivity contribution in [2.24, 2.45) is 0 Å². The van der Waals surface area contributed by atoms with Crippen molar-refractivity contribution in [1.82, 2.24) is 4.98 Å². The first-order valence-corrected chi connectivity index (χ1v) is 13.9. The first-order valence-electron chi connectivity index (χ1n) is 12.7. The average molecular weight is 561 g/mol. The number of thiazole rings is 1. The second-order valence-electron chi connectivity index (χ2n) is 9.65. The van der Waals surface area contributed by atoms with Gasteiger partial charge in [-0.15, -0.1) is 0 Å². The first-order chi connectivity index (χ1) is 18.8. The minimum atomic E-state index is -0.908. The van der Waals surface area contributed by atoms with Gasteiger partial charge in [-0.05, 0) is 73.0 Å². The number of amides is 1. The van der Waals surface area contributed by atoms with E-state index in [1.54, 1.807) is 36.4 Å². The molecule has 2 atom stereocenters. The number of aliphatic hydroxyl groups excluding tert-OH is 1. The van der Waals surface area contributed by atoms with E-state index in [0.717, 1.165) is 22.4 Å². The Morgan fingerprint density at radius 2 is 2.03 bits per heavy atom. The summed E-state index contributed by atoms with van der Waals surface area (Å²) in [5.74, 6) is -0.415. The number of carbonyl (C=O) groups excluding carboxylic acids is 2. The highest BCUT2D eigenvalue weighted by Crippen LogP contribution is 2.45. The molecule has 6 rings (SSSR count). The Hall–Kier alpha value is -3.88. The van der Waals surface area contributed by atoms with Gasteiger partial charge in [-0.25, -0.2) is 4.98 Å². The second-order valence-corrected chi connectivity index (χ2v) is 11.1. The second kappa shape index (κ2) is 10.0. The molecular weight excluding hydrogens is 536 g/mol. The molecule has 2 aliphatic heterocycles. The van der Waals surface area contributed by atoms with Crippen molar-refractivity contribution >= 4 is 55.7 Å². The largest absolute Gasteiger partial charge is 0.507 e. The summed E-state index contributed by atoms with van der Waals surface area (Å²) in [6.45, 7) is 4.52. The Balaban J connectivity index is 1.52. The molecule has 1 saturated heterocycles. The third-order valence-corrected chi connectivity index (χ3v) is 8.06. The summed E-state index contributed by atoms with van der Waals surface area (Å²) in [6.07, 6.45) is 1.55. The smallest absolute Gasteiger partial charge is 0.301 e. The molecule has 9 heteroatoms. The number of halogens is 1. The predicted molar refractivity (Wildman–Crippen MR) is 152 cm³/mol. The van der Waals surface area contributed by atoms with E-state index in [9.17, 15) is 14.7 Å². The normalized spacial score (nSPS) is 19.9. The fraction of sp³-hybridized carbons (Fsp3) is 0.233. The zero-order valence-electron chi connectivity index (χ0n) is 21.3. The molecule has 1 aromatic heterocycles. The van der Waals surface area contributed by atoms with Crippen molar-refractivity contribution in [3.63, 3.8) is 0 Å². The Bertz CT molecular complexity index is 1660. The van der Waals surface area contributed by atoms with Crippen LogP contribution in [0, 0.1) is 0 Å². The fourth-order valence-corrected chi connectivity index (χ4v) is 6.32. The van der Waals surface area contributed by atoms with E-state index in [-0.39, 0.29) is 17.4 Å². The number of ether oxygens (including phenoxy) is 2. The minimum absolute atomic E-state index is 0.00292. The van der Waals surface area contributed by atoms with Gasteiger partial charge < -0.3 is 14.6 Å². The van der Waals surface area contributed by atoms with Crippen LogP contribution in [-0.4, -0.2) is 34.5 Å². The fourth-order valence-electron chi connectivity index (χ4n) is 5.05. The summed E-state index contributed by atoms with van der Waals surface area (Å²) in [5.41, 5.74) is 2.67. The molecule has 1 fully saturated rings. The number of aliphatic hydroxyl groups is 1. The maximum Gasteiger partial charge on any atom is 0.301 e. The van der Waals surface area contributed by atoms with E-state index in [1.807, 2.05) is 38.1 Å². The van der Waals surface area contributed by atoms with Crippen LogP contribution in [0.5, 0.6) is 11.5 Å². The van der Waals surface area contributed by atoms with Gasteiger partial charge >= 0.3 is 5.91 Å². The third kappa shape index (κ3) is 4.53. The Morgan fingerprint density at radius 3 is 2.85 bits per heavy atom. The number of aromatic nitrogens is 1. The number of hydrogen-bond acceptors (Lipinski definition) is 7. The topological polar surface area (TPSA) is 89.0 Å². The van der Waals surface area contributed by atoms with Gasteiger partial charge in [0.05, 0.1) is 28.4 Å². The van der Waals surface area contributed by atoms with Gasteiger partial charge in [0.2, 0.25) is 0 Å². The van der Waals surface area contributed by atoms with Gasteiger partial charge in [0.1, 0.15) is 23.4 Å². The summed E-state index contributed by atoms with van der Waals surface area (Å²) in [6, 6.07) is 16.9. The molecule has 198 valence electrons. The third-order valence-electron chi connectivity index (χ3n) is 6.81. The number of fused-ring (bicyclic) bond motifs is 2. The van der Waals surface area contributed by atoms with E-state index in [0.29, 0.717) is 45.6 Å². The van der Waals surface area contributed by atoms with Crippen molar-refractivity contribution < 1.29 is 24.2 Å². The molecule has 0 aliphatic carbocycles. The van der Waals surface area contributed by atoms with Crippen LogP contribution in [0.2, 0.25) is 5.02 Å². The van der Waals surface area contributed by atoms with E-state index in [2.05, 4.69) is 4.98 Å². The molecule has 0 bridgehead atoms. The average Bonchev–Trinajstić information content (AvgIpc) is 3.59. The molecule has 3 heterocycles. The molecular formula is C30H25ClN2O5S. The van der Waals surface area contributed by atoms with Crippen LogP contribution in [0.15, 0.2) is 66.2 Å². The van der Waals surface area contributed by atoms with Crippen LogP contribution in [0.3, 0.4) is 0 Å². The standard InChI is InChI=1S/C30H25ClN2O5S/c1-3-11-37-21-6-4-5-17(14-21)26-25(27(34)18-7-10-23-19(13-18)12-16(2)38-23)28(35)29(36)33(26)30-32-22-9-8-20(31)15-24(22)39-30/h4-10,13-16,26,34H,3,11-12H2,1-2H3/b27-25+/t16-,26-/m0/s1. The van der Waals surface area contributed by atoms with E-state index < -0.39 is 17.7 Å². The van der Waals surface area contributed by atoms with E-state index in [1.165, 1.54) is 16.2 Å². The number of hydrogen-bond donors (Lipinski definition) is 1. The maximum absolute atomic E-state index is 13.6. The molecule has 0 saturated carbocycles. The molecule has 1 amide bonds. The summed E-state index contributed by atoms with van der Waals surface area (Å²) < 4.78 is 12.4. The van der Waals surface area contributed by atoms with Crippen LogP contribution in [0.1, 0.15) is 43.0 Å². The van der Waals surface area contributed by atoms with Crippen LogP contribution in [-0.2, 0) is 16.0 Å². The van der Waals surface area contributed by atoms with Gasteiger partial charge in [-0.2, -0.15) is 0 Å². The maximum atomic E-state index is 13.6. The van der Waals surface area contributed by atoms with Gasteiger partial charge in [0.15, 0.2) is 5.13 Å². The zero-order chi connectivity index (χ0) is 27.3. The molecule has 0 radical (unpaired) electrons. The van der Waals surface area contributed by atoms with Gasteiger partial charge in [-0.3, -0.25) is 14.5 Å². The zero-order valence-corrected chi connectivity index (χ0v) is 22.9. The highest BCUT2D eigenvalue weighted by molar-refractivity contribution is 7.22. The van der Waals surface area contributed by atoms with Crippen LogP contribution in [0.4, 0.5) is 5.13 Å². The van der Waals surface area contributed by atoms with Crippen LogP contribution < -0.4 is 14.4 Å². The molecule has 4 aromatic rings. The summed E-state index contributed by atoms with van der Waals surface area (Å²) in [4.78, 5) is 33.2. The SMILES string of the molecule is CCCOc1cccc([C@H]2/C(=C(\O)c3ccc4c(c3)C[C@H](C)O4)C(=O)C(=O)N2c2nc3ccc(Cl)cc3s2)c1. The Kier molecular flexibility index (Phi) is 6.53. The number of anilines is 1. The lowest BCUT2D eigenvalue weighted by atomic mass is 9.94. The molecule has 39 heavy (non-hydrogen) atoms. The molecule has 7 nitrogen and oxygen atoms in total. The van der Waals surface area contributed by atoms with Gasteiger partial charge in [0.25, 0.3) is 5.78 Å². The number of rotatable bonds is 6. The highest BCUT2D eigenvalue weighted by Gasteiger charge is 2.48. The quantitative estimate of drug-likeness (QED) is 0.161. The highest BCUT2D eigenvalue weighted by atomic mass is 35.5. The summed E-state index contributed by atoms with van der Waals surface area (Å²) in [5, 5.41) is 12.5. The number of Topliss-reactive ketones (excluding diaryl/α,β-unsaturated/α-hetero) is 1. The van der Waals surface area contributed by atoms with Crippen LogP contribution in [0.25, 0.3) is 16.0 Å². The molecule has 1 N–H and O–H groups in total. The molecule has 0 spiro atoms. The first kappa shape index (κ1) is 25.4. The van der Waals surface area contributed by atoms with Gasteiger partial charge in [-0.1, -0.05) is 42.0 Å². The Morgan fingerprint density at radius 1 is 1.18 bits per heavy atom. The van der Waals surface area contributed by atoms with Crippen molar-refractivity contribution in [2.45, 2.75) is 38.8 Å². The lowest BCUT2D eigenvalue weighted by Crippen LogP contribution is -2.29. The number of nitrogens with zero attached hydrogens (tertiary/aromatic N) is 2. The van der Waals surface area contributed by atoms with Crippen molar-refractivity contribution in [3.05, 3.63) is 87.9 Å². The molecule has 0 unspecified atom stereocenters. The molecule has 2 aliphatic rings.